The third-order valence-electron chi connectivity index (χ3n) is 7.65. The fraction of sp³-hybridized carbons (Fsp3) is 0.138. The van der Waals surface area contributed by atoms with E-state index in [1.807, 2.05) is 0 Å². The zero-order valence-corrected chi connectivity index (χ0v) is 36.2. The van der Waals surface area contributed by atoms with Gasteiger partial charge in [-0.1, -0.05) is 18.2 Å². The Morgan fingerprint density at radius 2 is 1.42 bits per heavy atom. The van der Waals surface area contributed by atoms with Gasteiger partial charge in [-0.05, 0) is 47.9 Å². The van der Waals surface area contributed by atoms with Gasteiger partial charge in [0, 0.05) is 53.5 Å². The molecular formula is C29H27FN8NaO16S5. The Labute approximate surface area is 361 Å². The van der Waals surface area contributed by atoms with Crippen molar-refractivity contribution in [1.29, 1.82) is 0 Å². The average molecular weight is 946 g/mol. The molecule has 0 aliphatic carbocycles. The van der Waals surface area contributed by atoms with Gasteiger partial charge < -0.3 is 21.1 Å². The summed E-state index contributed by atoms with van der Waals surface area (Å²) in [6.45, 7) is -1.34. The van der Waals surface area contributed by atoms with Crippen LogP contribution in [-0.4, -0.2) is 135 Å². The fourth-order valence-corrected chi connectivity index (χ4v) is 8.35. The minimum atomic E-state index is -5.22. The van der Waals surface area contributed by atoms with Gasteiger partial charge in [0.15, 0.2) is 9.84 Å². The number of aromatic hydroxyl groups is 1. The molecule has 0 saturated heterocycles. The van der Waals surface area contributed by atoms with Gasteiger partial charge in [-0.3, -0.25) is 18.2 Å². The van der Waals surface area contributed by atoms with Crippen LogP contribution < -0.4 is 16.0 Å². The molecular weight excluding hydrogens is 919 g/mol. The number of rotatable bonds is 16. The van der Waals surface area contributed by atoms with E-state index in [1.54, 1.807) is 18.2 Å². The topological polar surface area (TPSA) is 386 Å². The quantitative estimate of drug-likeness (QED) is 0.0323. The van der Waals surface area contributed by atoms with Gasteiger partial charge in [0.1, 0.15) is 26.9 Å². The monoisotopic (exact) mass is 945 g/mol. The molecule has 0 amide bonds. The summed E-state index contributed by atoms with van der Waals surface area (Å²) in [6.07, 6.45) is -1.41. The average Bonchev–Trinajstić information content (AvgIpc) is 3.10. The van der Waals surface area contributed by atoms with Gasteiger partial charge in [-0.25, -0.2) is 12.6 Å². The zero-order valence-electron chi connectivity index (χ0n) is 30.1. The molecule has 0 atom stereocenters. The summed E-state index contributed by atoms with van der Waals surface area (Å²) in [5, 5.41) is 19.6. The molecule has 4 aromatic carbocycles. The van der Waals surface area contributed by atoms with Gasteiger partial charge in [-0.2, -0.15) is 53.0 Å². The van der Waals surface area contributed by atoms with Crippen LogP contribution in [0.5, 0.6) is 5.75 Å². The van der Waals surface area contributed by atoms with Crippen molar-refractivity contribution in [3.05, 3.63) is 72.8 Å². The first-order chi connectivity index (χ1) is 27.2. The maximum atomic E-state index is 14.9. The van der Waals surface area contributed by atoms with Gasteiger partial charge in [0.2, 0.25) is 11.9 Å². The summed E-state index contributed by atoms with van der Waals surface area (Å²) in [6, 6.07) is 12.3. The molecule has 1 radical (unpaired) electrons. The summed E-state index contributed by atoms with van der Waals surface area (Å²) in [4.78, 5) is 9.42. The standard InChI is InChI=1S/C29H27FN8O16S5.Na/c30-27-33-28(35-29(34-27)38(18-4-2-1-3-5-18)8-10-55(40,41)11-9-54-59(51,52)53)32-17-6-7-20(22(14-17)57(45,46)47)36-37-26-24-16(13-23(25(26)31)58(48,49)50)12-19(15-21(24)39)56(42,43)44;/h1-7,12-15,39H,8-11,31H2,(H,42,43,44)(H,45,46,47)(H,48,49,50)(H,51,52,53)(H,32,33,34,35);. The van der Waals surface area contributed by atoms with Crippen LogP contribution in [-0.2, 0) is 54.8 Å². The van der Waals surface area contributed by atoms with Crippen LogP contribution in [0.4, 0.5) is 44.7 Å². The van der Waals surface area contributed by atoms with Crippen molar-refractivity contribution >= 4 is 131 Å². The second-order valence-corrected chi connectivity index (χ2v) is 19.3. The van der Waals surface area contributed by atoms with E-state index in [2.05, 4.69) is 34.7 Å². The van der Waals surface area contributed by atoms with E-state index in [0.29, 0.717) is 18.2 Å². The van der Waals surface area contributed by atoms with Crippen molar-refractivity contribution in [2.75, 3.05) is 40.6 Å². The Morgan fingerprint density at radius 3 is 2.02 bits per heavy atom. The number of hydrogen-bond acceptors (Lipinski definition) is 20. The molecule has 0 aliphatic heterocycles. The van der Waals surface area contributed by atoms with E-state index in [4.69, 9.17) is 10.3 Å². The molecule has 0 unspecified atom stereocenters. The summed E-state index contributed by atoms with van der Waals surface area (Å²) < 4.78 is 176. The fourth-order valence-electron chi connectivity index (χ4n) is 5.11. The predicted molar refractivity (Wildman–Crippen MR) is 209 cm³/mol. The van der Waals surface area contributed by atoms with Crippen LogP contribution in [0.15, 0.2) is 91.6 Å². The minimum Gasteiger partial charge on any atom is -0.507 e. The molecule has 0 fully saturated rings. The third-order valence-corrected chi connectivity index (χ3v) is 12.3. The van der Waals surface area contributed by atoms with E-state index < -0.39 is 141 Å². The Kier molecular flexibility index (Phi) is 14.6. The summed E-state index contributed by atoms with van der Waals surface area (Å²) in [5.74, 6) is -3.52. The number of anilines is 5. The number of phenols is 1. The number of nitrogens with two attached hydrogens (primary N) is 1. The smallest absolute Gasteiger partial charge is 0.397 e. The normalized spacial score (nSPS) is 12.7. The molecule has 1 aromatic heterocycles. The van der Waals surface area contributed by atoms with Crippen LogP contribution in [0.25, 0.3) is 10.8 Å². The second-order valence-electron chi connectivity index (χ2n) is 11.7. The molecule has 317 valence electrons. The number of nitrogens with zero attached hydrogens (tertiary/aromatic N) is 6. The van der Waals surface area contributed by atoms with Crippen LogP contribution in [0.2, 0.25) is 0 Å². The molecule has 24 nitrogen and oxygen atoms in total. The predicted octanol–water partition coefficient (Wildman–Crippen LogP) is 2.34. The summed E-state index contributed by atoms with van der Waals surface area (Å²) in [7, 11) is -24.3. The van der Waals surface area contributed by atoms with E-state index in [0.717, 1.165) is 23.1 Å². The first-order valence-electron chi connectivity index (χ1n) is 15.6. The SMILES string of the molecule is Nc1c(S(=O)(=O)O)cc2cc(S(=O)(=O)O)cc(O)c2c1N=Nc1ccc(Nc2nc(F)nc(N(CCS(=O)(=O)CCOS(=O)(=O)O)c3ccccc3)n2)cc1S(=O)(=O)O.[Na]. The number of phenolic OH excluding ortho intramolecular Hbond substituents is 1. The number of benzene rings is 4. The second kappa shape index (κ2) is 18.2. The van der Waals surface area contributed by atoms with Crippen molar-refractivity contribution in [3.8, 4) is 5.75 Å². The number of azo groups is 1. The molecule has 0 spiro atoms. The van der Waals surface area contributed by atoms with E-state index >= 15 is 0 Å². The van der Waals surface area contributed by atoms with Crippen molar-refractivity contribution in [2.24, 2.45) is 10.2 Å². The van der Waals surface area contributed by atoms with Crippen molar-refractivity contribution in [1.82, 2.24) is 15.0 Å². The van der Waals surface area contributed by atoms with Gasteiger partial charge in [0.05, 0.1) is 34.1 Å². The number of aromatic nitrogens is 3. The van der Waals surface area contributed by atoms with Crippen molar-refractivity contribution < 1.29 is 74.0 Å². The summed E-state index contributed by atoms with van der Waals surface area (Å²) in [5.41, 5.74) is 3.65. The van der Waals surface area contributed by atoms with E-state index in [-0.39, 0.29) is 40.9 Å². The minimum absolute atomic E-state index is 0. The zero-order chi connectivity index (χ0) is 43.7. The van der Waals surface area contributed by atoms with Gasteiger partial charge >= 0.3 is 16.5 Å². The maximum Gasteiger partial charge on any atom is 0.397 e. The molecule has 0 saturated carbocycles. The van der Waals surface area contributed by atoms with Crippen molar-refractivity contribution in [3.63, 3.8) is 0 Å². The molecule has 60 heavy (non-hydrogen) atoms. The molecule has 5 aromatic rings. The Morgan fingerprint density at radius 1 is 0.767 bits per heavy atom. The number of fused-ring (bicyclic) bond motifs is 1. The Balaban J connectivity index is 0.00000794. The molecule has 8 N–H and O–H groups in total. The van der Waals surface area contributed by atoms with Crippen molar-refractivity contribution in [2.45, 2.75) is 14.7 Å². The Hall–Kier alpha value is -4.57. The summed E-state index contributed by atoms with van der Waals surface area (Å²) >= 11 is 0. The number of sulfone groups is 1. The van der Waals surface area contributed by atoms with Crippen LogP contribution in [0, 0.1) is 6.08 Å². The first-order valence-corrected chi connectivity index (χ1v) is 23.1. The van der Waals surface area contributed by atoms with E-state index in [9.17, 15) is 65.2 Å². The molecule has 0 aliphatic rings. The van der Waals surface area contributed by atoms with Crippen LogP contribution in [0.1, 0.15) is 0 Å². The van der Waals surface area contributed by atoms with Gasteiger partial charge in [0.25, 0.3) is 30.4 Å². The molecule has 5 rings (SSSR count). The molecule has 0 bridgehead atoms. The van der Waals surface area contributed by atoms with E-state index in [1.165, 1.54) is 12.1 Å². The number of halogens is 1. The number of nitrogens with one attached hydrogen (secondary N) is 1. The molecule has 1 heterocycles. The third kappa shape index (κ3) is 12.3. The Bertz CT molecular complexity index is 3080. The first kappa shape index (κ1) is 48.1. The van der Waals surface area contributed by atoms with Gasteiger partial charge in [-0.15, -0.1) is 10.2 Å². The number of hydrogen-bond donors (Lipinski definition) is 7. The van der Waals surface area contributed by atoms with Crippen LogP contribution >= 0.6 is 0 Å². The largest absolute Gasteiger partial charge is 0.507 e. The maximum absolute atomic E-state index is 14.9. The molecule has 31 heteroatoms. The number of para-hydroxylation sites is 1. The van der Waals surface area contributed by atoms with Crippen LogP contribution in [0.3, 0.4) is 0 Å². The number of nitrogen functional groups attached to an aromatic ring is 1.